The molecular weight excluding hydrogens is 393 g/mol. The second kappa shape index (κ2) is 9.27. The fourth-order valence-corrected chi connectivity index (χ4v) is 3.23. The van der Waals surface area contributed by atoms with E-state index in [9.17, 15) is 13.2 Å². The third-order valence-electron chi connectivity index (χ3n) is 3.96. The molecule has 0 saturated heterocycles. The van der Waals surface area contributed by atoms with Crippen LogP contribution in [0.25, 0.3) is 11.1 Å². The van der Waals surface area contributed by atoms with Crippen molar-refractivity contribution >= 4 is 15.9 Å². The zero-order chi connectivity index (χ0) is 18.4. The molecule has 25 heavy (non-hydrogen) atoms. The molecule has 0 aliphatic heterocycles. The lowest BCUT2D eigenvalue weighted by molar-refractivity contribution is 0.295. The first-order chi connectivity index (χ1) is 12.0. The minimum Gasteiger partial charge on any atom is -0.490 e. The summed E-state index contributed by atoms with van der Waals surface area (Å²) in [6.45, 7) is 4.25. The van der Waals surface area contributed by atoms with Crippen molar-refractivity contribution in [2.24, 2.45) is 0 Å². The van der Waals surface area contributed by atoms with Gasteiger partial charge >= 0.3 is 0 Å². The highest BCUT2D eigenvalue weighted by Gasteiger charge is 2.22. The van der Waals surface area contributed by atoms with E-state index in [0.29, 0.717) is 6.42 Å². The predicted octanol–water partition coefficient (Wildman–Crippen LogP) is 7.05. The standard InChI is InChI=1S/C20H22BrF3O/c1-3-5-6-7-13-8-9-14(16(22)11-13)18-15(21)12-17(25-10-4-2)19(23)20(18)24/h8-9,11-12H,3-7,10H2,1-2H3. The normalized spacial score (nSPS) is 11.0. The third-order valence-corrected chi connectivity index (χ3v) is 4.58. The molecule has 0 bridgehead atoms. The number of aryl methyl sites for hydroxylation is 1. The van der Waals surface area contributed by atoms with Crippen molar-refractivity contribution in [3.8, 4) is 16.9 Å². The first kappa shape index (κ1) is 19.8. The molecule has 0 atom stereocenters. The summed E-state index contributed by atoms with van der Waals surface area (Å²) < 4.78 is 48.7. The Morgan fingerprint density at radius 1 is 0.960 bits per heavy atom. The molecule has 0 unspecified atom stereocenters. The zero-order valence-corrected chi connectivity index (χ0v) is 16.1. The Bertz CT molecular complexity index is 731. The van der Waals surface area contributed by atoms with Crippen LogP contribution in [0.15, 0.2) is 28.7 Å². The molecule has 1 nitrogen and oxygen atoms in total. The van der Waals surface area contributed by atoms with Crippen LogP contribution in [0.5, 0.6) is 5.75 Å². The van der Waals surface area contributed by atoms with Gasteiger partial charge in [-0.15, -0.1) is 0 Å². The molecule has 0 saturated carbocycles. The van der Waals surface area contributed by atoms with Gasteiger partial charge in [0.25, 0.3) is 0 Å². The third kappa shape index (κ3) is 4.78. The lowest BCUT2D eigenvalue weighted by Gasteiger charge is -2.13. The summed E-state index contributed by atoms with van der Waals surface area (Å²) >= 11 is 3.21. The average Bonchev–Trinajstić information content (AvgIpc) is 2.59. The van der Waals surface area contributed by atoms with E-state index in [1.165, 1.54) is 18.2 Å². The van der Waals surface area contributed by atoms with Crippen molar-refractivity contribution in [3.05, 3.63) is 51.8 Å². The van der Waals surface area contributed by atoms with Crippen LogP contribution < -0.4 is 4.74 Å². The monoisotopic (exact) mass is 414 g/mol. The Morgan fingerprint density at radius 3 is 2.36 bits per heavy atom. The van der Waals surface area contributed by atoms with E-state index < -0.39 is 17.5 Å². The fourth-order valence-electron chi connectivity index (χ4n) is 2.63. The van der Waals surface area contributed by atoms with Gasteiger partial charge in [-0.1, -0.05) is 38.8 Å². The van der Waals surface area contributed by atoms with Gasteiger partial charge in [0.05, 0.1) is 6.61 Å². The molecule has 2 aromatic rings. The molecule has 0 fully saturated rings. The van der Waals surface area contributed by atoms with Crippen LogP contribution in [0.1, 0.15) is 45.1 Å². The first-order valence-electron chi connectivity index (χ1n) is 8.58. The highest BCUT2D eigenvalue weighted by atomic mass is 79.9. The van der Waals surface area contributed by atoms with Gasteiger partial charge in [-0.3, -0.25) is 0 Å². The van der Waals surface area contributed by atoms with Crippen LogP contribution in [0, 0.1) is 17.5 Å². The fraction of sp³-hybridized carbons (Fsp3) is 0.400. The van der Waals surface area contributed by atoms with Gasteiger partial charge in [0.1, 0.15) is 5.82 Å². The van der Waals surface area contributed by atoms with Gasteiger partial charge in [0, 0.05) is 15.6 Å². The summed E-state index contributed by atoms with van der Waals surface area (Å²) in [5.41, 5.74) is 0.762. The molecule has 0 aliphatic carbocycles. The Balaban J connectivity index is 2.36. The van der Waals surface area contributed by atoms with Gasteiger partial charge < -0.3 is 4.74 Å². The first-order valence-corrected chi connectivity index (χ1v) is 9.37. The van der Waals surface area contributed by atoms with Crippen LogP contribution in [0.3, 0.4) is 0 Å². The zero-order valence-electron chi connectivity index (χ0n) is 14.5. The largest absolute Gasteiger partial charge is 0.490 e. The summed E-state index contributed by atoms with van der Waals surface area (Å²) in [6, 6.07) is 6.01. The van der Waals surface area contributed by atoms with Crippen molar-refractivity contribution in [2.75, 3.05) is 6.61 Å². The van der Waals surface area contributed by atoms with Gasteiger partial charge in [0.2, 0.25) is 5.82 Å². The maximum Gasteiger partial charge on any atom is 0.201 e. The Hall–Kier alpha value is -1.49. The van der Waals surface area contributed by atoms with Gasteiger partial charge in [-0.2, -0.15) is 4.39 Å². The second-order valence-electron chi connectivity index (χ2n) is 5.98. The van der Waals surface area contributed by atoms with Crippen molar-refractivity contribution in [3.63, 3.8) is 0 Å². The molecule has 5 heteroatoms. The Kier molecular flexibility index (Phi) is 7.36. The van der Waals surface area contributed by atoms with E-state index in [0.717, 1.165) is 31.2 Å². The SMILES string of the molecule is CCCCCc1ccc(-c2c(Br)cc(OCCC)c(F)c2F)c(F)c1. The summed E-state index contributed by atoms with van der Waals surface area (Å²) in [6.07, 6.45) is 4.59. The average molecular weight is 415 g/mol. The van der Waals surface area contributed by atoms with Crippen molar-refractivity contribution in [1.82, 2.24) is 0 Å². The molecule has 2 rings (SSSR count). The van der Waals surface area contributed by atoms with Crippen molar-refractivity contribution in [2.45, 2.75) is 46.0 Å². The minimum atomic E-state index is -1.11. The highest BCUT2D eigenvalue weighted by Crippen LogP contribution is 2.38. The predicted molar refractivity (Wildman–Crippen MR) is 98.5 cm³/mol. The van der Waals surface area contributed by atoms with Gasteiger partial charge in [0.15, 0.2) is 11.6 Å². The lowest BCUT2D eigenvalue weighted by atomic mass is 10.00. The second-order valence-corrected chi connectivity index (χ2v) is 6.83. The lowest BCUT2D eigenvalue weighted by Crippen LogP contribution is -2.02. The topological polar surface area (TPSA) is 9.23 Å². The number of benzene rings is 2. The number of ether oxygens (including phenoxy) is 1. The molecule has 136 valence electrons. The smallest absolute Gasteiger partial charge is 0.201 e. The maximum atomic E-state index is 14.5. The van der Waals surface area contributed by atoms with E-state index in [4.69, 9.17) is 4.74 Å². The Labute approximate surface area is 155 Å². The molecule has 2 aromatic carbocycles. The summed E-state index contributed by atoms with van der Waals surface area (Å²) in [5.74, 6) is -2.95. The van der Waals surface area contributed by atoms with E-state index in [1.54, 1.807) is 6.07 Å². The molecule has 0 aromatic heterocycles. The summed E-state index contributed by atoms with van der Waals surface area (Å²) in [5, 5.41) is 0. The van der Waals surface area contributed by atoms with Crippen LogP contribution in [-0.4, -0.2) is 6.61 Å². The quantitative estimate of drug-likeness (QED) is 0.331. The number of hydrogen-bond donors (Lipinski definition) is 0. The maximum absolute atomic E-state index is 14.5. The van der Waals surface area contributed by atoms with E-state index in [-0.39, 0.29) is 28.0 Å². The van der Waals surface area contributed by atoms with Crippen LogP contribution in [0.2, 0.25) is 0 Å². The number of unbranched alkanes of at least 4 members (excludes halogenated alkanes) is 2. The number of halogens is 4. The van der Waals surface area contributed by atoms with Gasteiger partial charge in [-0.05, 0) is 52.9 Å². The van der Waals surface area contributed by atoms with Gasteiger partial charge in [-0.25, -0.2) is 8.78 Å². The van der Waals surface area contributed by atoms with Crippen LogP contribution in [0.4, 0.5) is 13.2 Å². The Morgan fingerprint density at radius 2 is 1.72 bits per heavy atom. The van der Waals surface area contributed by atoms with Crippen molar-refractivity contribution < 1.29 is 17.9 Å². The molecule has 0 N–H and O–H groups in total. The molecule has 0 heterocycles. The number of hydrogen-bond acceptors (Lipinski definition) is 1. The molecular formula is C20H22BrF3O. The number of rotatable bonds is 8. The minimum absolute atomic E-state index is 0.0320. The summed E-state index contributed by atoms with van der Waals surface area (Å²) in [7, 11) is 0. The van der Waals surface area contributed by atoms with E-state index in [2.05, 4.69) is 22.9 Å². The molecule has 0 aliphatic rings. The van der Waals surface area contributed by atoms with Crippen LogP contribution in [-0.2, 0) is 6.42 Å². The highest BCUT2D eigenvalue weighted by molar-refractivity contribution is 9.10. The van der Waals surface area contributed by atoms with E-state index >= 15 is 0 Å². The van der Waals surface area contributed by atoms with Crippen LogP contribution >= 0.6 is 15.9 Å². The molecule has 0 amide bonds. The van der Waals surface area contributed by atoms with Crippen molar-refractivity contribution in [1.29, 1.82) is 0 Å². The molecule has 0 spiro atoms. The summed E-state index contributed by atoms with van der Waals surface area (Å²) in [4.78, 5) is 0. The van der Waals surface area contributed by atoms with E-state index in [1.807, 2.05) is 6.92 Å². The molecule has 0 radical (unpaired) electrons.